The monoisotopic (exact) mass is 405 g/mol. The van der Waals surface area contributed by atoms with Crippen LogP contribution in [0.1, 0.15) is 44.9 Å². The molecule has 28 heavy (non-hydrogen) atoms. The van der Waals surface area contributed by atoms with Crippen LogP contribution in [0.4, 0.5) is 10.5 Å². The van der Waals surface area contributed by atoms with E-state index in [0.29, 0.717) is 17.6 Å². The molecule has 0 radical (unpaired) electrons. The first-order valence-corrected chi connectivity index (χ1v) is 11.6. The van der Waals surface area contributed by atoms with Crippen LogP contribution < -0.4 is 5.32 Å². The van der Waals surface area contributed by atoms with Crippen molar-refractivity contribution in [3.63, 3.8) is 0 Å². The number of rotatable bonds is 6. The van der Waals surface area contributed by atoms with Gasteiger partial charge in [0.15, 0.2) is 0 Å². The van der Waals surface area contributed by atoms with Gasteiger partial charge in [-0.15, -0.1) is 6.58 Å². The summed E-state index contributed by atoms with van der Waals surface area (Å²) in [5.41, 5.74) is 0.615. The van der Waals surface area contributed by atoms with Crippen LogP contribution in [0, 0.1) is 5.92 Å². The Morgan fingerprint density at radius 2 is 1.86 bits per heavy atom. The van der Waals surface area contributed by atoms with E-state index in [-0.39, 0.29) is 17.5 Å². The van der Waals surface area contributed by atoms with Gasteiger partial charge >= 0.3 is 6.03 Å². The molecule has 1 aliphatic carbocycles. The molecule has 0 spiro atoms. The van der Waals surface area contributed by atoms with E-state index in [1.165, 1.54) is 55.6 Å². The van der Waals surface area contributed by atoms with Gasteiger partial charge in [-0.2, -0.15) is 4.31 Å². The van der Waals surface area contributed by atoms with Crippen molar-refractivity contribution in [2.45, 2.75) is 55.9 Å². The van der Waals surface area contributed by atoms with Gasteiger partial charge in [0.1, 0.15) is 0 Å². The van der Waals surface area contributed by atoms with E-state index in [4.69, 9.17) is 0 Å². The first kappa shape index (κ1) is 20.9. The van der Waals surface area contributed by atoms with Crippen molar-refractivity contribution < 1.29 is 13.2 Å². The summed E-state index contributed by atoms with van der Waals surface area (Å²) in [6.45, 7) is 4.62. The van der Waals surface area contributed by atoms with Crippen molar-refractivity contribution in [2.75, 3.05) is 25.5 Å². The largest absolute Gasteiger partial charge is 0.322 e. The van der Waals surface area contributed by atoms with Gasteiger partial charge in [-0.3, -0.25) is 0 Å². The standard InChI is InChI=1S/C21H31N3O3S/c1-3-15-23(2)28(26,27)19-13-11-18(12-14-19)22-21(25)24-16-7-10-20(24)17-8-5-4-6-9-17/h3,11-14,17,20H,1,4-10,15-16H2,2H3,(H,22,25). The summed E-state index contributed by atoms with van der Waals surface area (Å²) in [5, 5.41) is 2.95. The highest BCUT2D eigenvalue weighted by atomic mass is 32.2. The first-order valence-electron chi connectivity index (χ1n) is 10.2. The zero-order chi connectivity index (χ0) is 20.1. The summed E-state index contributed by atoms with van der Waals surface area (Å²) in [4.78, 5) is 15.0. The van der Waals surface area contributed by atoms with Gasteiger partial charge in [0.05, 0.1) is 4.90 Å². The van der Waals surface area contributed by atoms with Crippen molar-refractivity contribution in [1.29, 1.82) is 0 Å². The lowest BCUT2D eigenvalue weighted by Crippen LogP contribution is -2.43. The third kappa shape index (κ3) is 4.58. The van der Waals surface area contributed by atoms with Crippen LogP contribution in [0.5, 0.6) is 0 Å². The summed E-state index contributed by atoms with van der Waals surface area (Å²) in [6.07, 6.45) is 9.99. The first-order chi connectivity index (χ1) is 13.4. The number of carbonyl (C=O) groups is 1. The van der Waals surface area contributed by atoms with Crippen molar-refractivity contribution in [3.05, 3.63) is 36.9 Å². The number of carbonyl (C=O) groups excluding carboxylic acids is 1. The minimum absolute atomic E-state index is 0.0764. The smallest absolute Gasteiger partial charge is 0.321 e. The Morgan fingerprint density at radius 3 is 2.50 bits per heavy atom. The number of hydrogen-bond donors (Lipinski definition) is 1. The minimum atomic E-state index is -3.55. The Balaban J connectivity index is 1.65. The molecule has 1 N–H and O–H groups in total. The topological polar surface area (TPSA) is 69.7 Å². The number of hydrogen-bond acceptors (Lipinski definition) is 3. The van der Waals surface area contributed by atoms with Crippen LogP contribution in [0.15, 0.2) is 41.8 Å². The molecule has 2 aliphatic rings. The Labute approximate surface area is 168 Å². The molecule has 1 saturated carbocycles. The number of urea groups is 1. The molecule has 6 nitrogen and oxygen atoms in total. The summed E-state index contributed by atoms with van der Waals surface area (Å²) in [5.74, 6) is 0.620. The molecule has 3 rings (SSSR count). The normalized spacial score (nSPS) is 21.1. The van der Waals surface area contributed by atoms with Gasteiger partial charge in [0.2, 0.25) is 10.0 Å². The summed E-state index contributed by atoms with van der Waals surface area (Å²) in [6, 6.07) is 6.64. The lowest BCUT2D eigenvalue weighted by Gasteiger charge is -2.34. The predicted molar refractivity (Wildman–Crippen MR) is 112 cm³/mol. The maximum atomic E-state index is 12.8. The van der Waals surface area contributed by atoms with E-state index in [9.17, 15) is 13.2 Å². The highest BCUT2D eigenvalue weighted by Gasteiger charge is 2.35. The zero-order valence-electron chi connectivity index (χ0n) is 16.6. The number of anilines is 1. The van der Waals surface area contributed by atoms with Crippen molar-refractivity contribution in [2.24, 2.45) is 5.92 Å². The highest BCUT2D eigenvalue weighted by molar-refractivity contribution is 7.89. The van der Waals surface area contributed by atoms with Crippen LogP contribution >= 0.6 is 0 Å². The van der Waals surface area contributed by atoms with Gasteiger partial charge in [-0.1, -0.05) is 25.3 Å². The molecule has 0 aromatic heterocycles. The second-order valence-corrected chi connectivity index (χ2v) is 9.87. The van der Waals surface area contributed by atoms with E-state index in [1.807, 2.05) is 4.90 Å². The fraction of sp³-hybridized carbons (Fsp3) is 0.571. The number of sulfonamides is 1. The van der Waals surface area contributed by atoms with Crippen LogP contribution in [-0.2, 0) is 10.0 Å². The summed E-state index contributed by atoms with van der Waals surface area (Å²) in [7, 11) is -2.03. The SMILES string of the molecule is C=CCN(C)S(=O)(=O)c1ccc(NC(=O)N2CCCC2C2CCCCC2)cc1. The van der Waals surface area contributed by atoms with Gasteiger partial charge in [0, 0.05) is 31.9 Å². The molecule has 1 aromatic carbocycles. The lowest BCUT2D eigenvalue weighted by molar-refractivity contribution is 0.166. The zero-order valence-corrected chi connectivity index (χ0v) is 17.5. The molecule has 2 amide bonds. The molecule has 7 heteroatoms. The Kier molecular flexibility index (Phi) is 6.78. The second kappa shape index (κ2) is 9.09. The van der Waals surface area contributed by atoms with Gasteiger partial charge < -0.3 is 10.2 Å². The van der Waals surface area contributed by atoms with E-state index >= 15 is 0 Å². The fourth-order valence-electron chi connectivity index (χ4n) is 4.42. The van der Waals surface area contributed by atoms with Crippen LogP contribution in [0.2, 0.25) is 0 Å². The quantitative estimate of drug-likeness (QED) is 0.725. The maximum absolute atomic E-state index is 12.8. The molecule has 1 heterocycles. The average molecular weight is 406 g/mol. The molecular formula is C21H31N3O3S. The molecule has 1 saturated heterocycles. The summed E-state index contributed by atoms with van der Waals surface area (Å²) >= 11 is 0. The number of nitrogens with one attached hydrogen (secondary N) is 1. The number of likely N-dealkylation sites (N-methyl/N-ethyl adjacent to an activating group) is 1. The van der Waals surface area contributed by atoms with Crippen LogP contribution in [0.25, 0.3) is 0 Å². The Bertz CT molecular complexity index is 786. The van der Waals surface area contributed by atoms with E-state index in [0.717, 1.165) is 19.4 Å². The van der Waals surface area contributed by atoms with E-state index in [1.54, 1.807) is 18.2 Å². The number of likely N-dealkylation sites (tertiary alicyclic amines) is 1. The molecular weight excluding hydrogens is 374 g/mol. The van der Waals surface area contributed by atoms with Gasteiger partial charge in [-0.05, 0) is 55.9 Å². The number of nitrogens with zero attached hydrogens (tertiary/aromatic N) is 2. The average Bonchev–Trinajstić information content (AvgIpc) is 3.19. The van der Waals surface area contributed by atoms with Gasteiger partial charge in [0.25, 0.3) is 0 Å². The lowest BCUT2D eigenvalue weighted by atomic mass is 9.83. The molecule has 1 aliphatic heterocycles. The number of benzene rings is 1. The van der Waals surface area contributed by atoms with E-state index in [2.05, 4.69) is 11.9 Å². The molecule has 1 aromatic rings. The Morgan fingerprint density at radius 1 is 1.18 bits per heavy atom. The second-order valence-electron chi connectivity index (χ2n) is 7.83. The van der Waals surface area contributed by atoms with Crippen LogP contribution in [0.3, 0.4) is 0 Å². The molecule has 1 unspecified atom stereocenters. The van der Waals surface area contributed by atoms with Crippen LogP contribution in [-0.4, -0.2) is 49.8 Å². The third-order valence-electron chi connectivity index (χ3n) is 5.95. The Hall–Kier alpha value is -1.86. The number of amides is 2. The maximum Gasteiger partial charge on any atom is 0.322 e. The van der Waals surface area contributed by atoms with Crippen molar-refractivity contribution in [1.82, 2.24) is 9.21 Å². The highest BCUT2D eigenvalue weighted by Crippen LogP contribution is 2.34. The van der Waals surface area contributed by atoms with Crippen molar-refractivity contribution >= 4 is 21.7 Å². The molecule has 154 valence electrons. The summed E-state index contributed by atoms with van der Waals surface area (Å²) < 4.78 is 26.2. The molecule has 2 fully saturated rings. The molecule has 0 bridgehead atoms. The third-order valence-corrected chi connectivity index (χ3v) is 7.79. The molecule has 1 atom stereocenters. The fourth-order valence-corrected chi connectivity index (χ4v) is 5.56. The predicted octanol–water partition coefficient (Wildman–Crippen LogP) is 4.07. The van der Waals surface area contributed by atoms with E-state index < -0.39 is 10.0 Å². The minimum Gasteiger partial charge on any atom is -0.321 e. The van der Waals surface area contributed by atoms with Crippen molar-refractivity contribution in [3.8, 4) is 0 Å². The van der Waals surface area contributed by atoms with Gasteiger partial charge in [-0.25, -0.2) is 13.2 Å².